The van der Waals surface area contributed by atoms with Crippen molar-refractivity contribution >= 4 is 5.91 Å². The molecular formula is C9H15NO. The first-order valence-electron chi connectivity index (χ1n) is 4.11. The van der Waals surface area contributed by atoms with Gasteiger partial charge in [0, 0.05) is 13.0 Å². The molecule has 62 valence electrons. The molecule has 1 aliphatic rings. The molecule has 1 aliphatic carbocycles. The minimum atomic E-state index is 0.189. The molecule has 0 bridgehead atoms. The smallest absolute Gasteiger partial charge is 0.223 e. The molecule has 2 heteroatoms. The Balaban J connectivity index is 2.47. The Morgan fingerprint density at radius 3 is 2.91 bits per heavy atom. The summed E-state index contributed by atoms with van der Waals surface area (Å²) in [5.74, 6) is 0.414. The zero-order chi connectivity index (χ0) is 8.27. The predicted molar refractivity (Wildman–Crippen MR) is 45.2 cm³/mol. The van der Waals surface area contributed by atoms with E-state index in [2.05, 4.69) is 18.3 Å². The van der Waals surface area contributed by atoms with Gasteiger partial charge in [-0.2, -0.15) is 0 Å². The number of hydrogen-bond donors (Lipinski definition) is 1. The highest BCUT2D eigenvalue weighted by molar-refractivity contribution is 5.78. The number of carbonyl (C=O) groups excluding carboxylic acids is 1. The highest BCUT2D eigenvalue weighted by Gasteiger charge is 2.18. The van der Waals surface area contributed by atoms with Gasteiger partial charge in [0.25, 0.3) is 0 Å². The third kappa shape index (κ3) is 2.07. The summed E-state index contributed by atoms with van der Waals surface area (Å²) >= 11 is 0. The number of hydrogen-bond acceptors (Lipinski definition) is 1. The van der Waals surface area contributed by atoms with Gasteiger partial charge in [-0.3, -0.25) is 4.79 Å². The second-order valence-electron chi connectivity index (χ2n) is 3.14. The average molecular weight is 153 g/mol. The average Bonchev–Trinajstić information content (AvgIpc) is 2.05. The van der Waals surface area contributed by atoms with Crippen LogP contribution in [0.25, 0.3) is 0 Å². The van der Waals surface area contributed by atoms with Crippen molar-refractivity contribution in [1.29, 1.82) is 0 Å². The van der Waals surface area contributed by atoms with Crippen molar-refractivity contribution in [2.24, 2.45) is 5.92 Å². The molecule has 0 aromatic carbocycles. The number of amides is 1. The number of allylic oxidation sites excluding steroid dienone is 2. The first-order chi connectivity index (χ1) is 5.24. The van der Waals surface area contributed by atoms with Crippen LogP contribution >= 0.6 is 0 Å². The molecule has 0 aromatic heterocycles. The van der Waals surface area contributed by atoms with Crippen LogP contribution in [0.4, 0.5) is 0 Å². The SMILES string of the molecule is CNC(=O)C1CC=C(C)CC1. The highest BCUT2D eigenvalue weighted by Crippen LogP contribution is 2.22. The highest BCUT2D eigenvalue weighted by atomic mass is 16.1. The molecule has 1 amide bonds. The fourth-order valence-corrected chi connectivity index (χ4v) is 1.41. The second-order valence-corrected chi connectivity index (χ2v) is 3.14. The van der Waals surface area contributed by atoms with Crippen molar-refractivity contribution in [3.63, 3.8) is 0 Å². The lowest BCUT2D eigenvalue weighted by Gasteiger charge is -2.18. The van der Waals surface area contributed by atoms with Gasteiger partial charge in [-0.15, -0.1) is 0 Å². The molecule has 0 aliphatic heterocycles. The Bertz CT molecular complexity index is 184. The molecule has 1 unspecified atom stereocenters. The van der Waals surface area contributed by atoms with Crippen molar-refractivity contribution in [3.05, 3.63) is 11.6 Å². The third-order valence-electron chi connectivity index (χ3n) is 2.26. The van der Waals surface area contributed by atoms with Gasteiger partial charge in [0.1, 0.15) is 0 Å². The topological polar surface area (TPSA) is 29.1 Å². The molecule has 1 N–H and O–H groups in total. The van der Waals surface area contributed by atoms with E-state index in [0.717, 1.165) is 19.3 Å². The lowest BCUT2D eigenvalue weighted by atomic mass is 9.90. The van der Waals surface area contributed by atoms with E-state index in [1.165, 1.54) is 5.57 Å². The molecule has 0 saturated heterocycles. The second kappa shape index (κ2) is 3.56. The number of carbonyl (C=O) groups is 1. The predicted octanol–water partition coefficient (Wildman–Crippen LogP) is 1.48. The molecule has 0 fully saturated rings. The molecule has 0 heterocycles. The summed E-state index contributed by atoms with van der Waals surface area (Å²) in [4.78, 5) is 11.1. The molecular weight excluding hydrogens is 138 g/mol. The van der Waals surface area contributed by atoms with E-state index in [-0.39, 0.29) is 11.8 Å². The van der Waals surface area contributed by atoms with E-state index in [0.29, 0.717) is 0 Å². The summed E-state index contributed by atoms with van der Waals surface area (Å²) in [7, 11) is 1.70. The minimum absolute atomic E-state index is 0.189. The Hall–Kier alpha value is -0.790. The lowest BCUT2D eigenvalue weighted by Crippen LogP contribution is -2.28. The fraction of sp³-hybridized carbons (Fsp3) is 0.667. The Labute approximate surface area is 67.7 Å². The molecule has 11 heavy (non-hydrogen) atoms. The quantitative estimate of drug-likeness (QED) is 0.568. The standard InChI is InChI=1S/C9H15NO/c1-7-3-5-8(6-4-7)9(11)10-2/h3,8H,4-6H2,1-2H3,(H,10,11). The van der Waals surface area contributed by atoms with Gasteiger partial charge in [-0.1, -0.05) is 11.6 Å². The molecule has 0 spiro atoms. The monoisotopic (exact) mass is 153 g/mol. The van der Waals surface area contributed by atoms with Gasteiger partial charge < -0.3 is 5.32 Å². The zero-order valence-electron chi connectivity index (χ0n) is 7.18. The van der Waals surface area contributed by atoms with Crippen LogP contribution in [-0.4, -0.2) is 13.0 Å². The Kier molecular flexibility index (Phi) is 2.69. The normalized spacial score (nSPS) is 24.2. The van der Waals surface area contributed by atoms with E-state index in [1.54, 1.807) is 7.05 Å². The number of nitrogens with one attached hydrogen (secondary N) is 1. The molecule has 1 rings (SSSR count). The third-order valence-corrected chi connectivity index (χ3v) is 2.26. The van der Waals surface area contributed by atoms with E-state index >= 15 is 0 Å². The number of rotatable bonds is 1. The van der Waals surface area contributed by atoms with Crippen molar-refractivity contribution in [2.45, 2.75) is 26.2 Å². The summed E-state index contributed by atoms with van der Waals surface area (Å²) in [5.41, 5.74) is 1.42. The van der Waals surface area contributed by atoms with Gasteiger partial charge >= 0.3 is 0 Å². The summed E-state index contributed by atoms with van der Waals surface area (Å²) < 4.78 is 0. The van der Waals surface area contributed by atoms with Crippen molar-refractivity contribution < 1.29 is 4.79 Å². The molecule has 2 nitrogen and oxygen atoms in total. The van der Waals surface area contributed by atoms with Gasteiger partial charge in [0.15, 0.2) is 0 Å². The van der Waals surface area contributed by atoms with Crippen LogP contribution in [-0.2, 0) is 4.79 Å². The maximum Gasteiger partial charge on any atom is 0.223 e. The van der Waals surface area contributed by atoms with Crippen LogP contribution in [0.1, 0.15) is 26.2 Å². The van der Waals surface area contributed by atoms with Crippen LogP contribution in [0.3, 0.4) is 0 Å². The van der Waals surface area contributed by atoms with Gasteiger partial charge in [0.2, 0.25) is 5.91 Å². The maximum atomic E-state index is 11.1. The summed E-state index contributed by atoms with van der Waals surface area (Å²) in [6.45, 7) is 2.13. The van der Waals surface area contributed by atoms with E-state index in [9.17, 15) is 4.79 Å². The van der Waals surface area contributed by atoms with Gasteiger partial charge in [-0.05, 0) is 26.2 Å². The summed E-state index contributed by atoms with van der Waals surface area (Å²) in [5, 5.41) is 2.68. The largest absolute Gasteiger partial charge is 0.359 e. The van der Waals surface area contributed by atoms with Crippen molar-refractivity contribution in [3.8, 4) is 0 Å². The first-order valence-corrected chi connectivity index (χ1v) is 4.11. The molecule has 0 radical (unpaired) electrons. The fourth-order valence-electron chi connectivity index (χ4n) is 1.41. The van der Waals surface area contributed by atoms with E-state index in [1.807, 2.05) is 0 Å². The van der Waals surface area contributed by atoms with Crippen molar-refractivity contribution in [1.82, 2.24) is 5.32 Å². The van der Waals surface area contributed by atoms with Crippen LogP contribution < -0.4 is 5.32 Å². The minimum Gasteiger partial charge on any atom is -0.359 e. The van der Waals surface area contributed by atoms with Gasteiger partial charge in [-0.25, -0.2) is 0 Å². The lowest BCUT2D eigenvalue weighted by molar-refractivity contribution is -0.124. The molecule has 1 atom stereocenters. The van der Waals surface area contributed by atoms with Crippen LogP contribution in [0.15, 0.2) is 11.6 Å². The van der Waals surface area contributed by atoms with E-state index in [4.69, 9.17) is 0 Å². The summed E-state index contributed by atoms with van der Waals surface area (Å²) in [6, 6.07) is 0. The molecule has 0 aromatic rings. The van der Waals surface area contributed by atoms with Crippen LogP contribution in [0.2, 0.25) is 0 Å². The van der Waals surface area contributed by atoms with E-state index < -0.39 is 0 Å². The zero-order valence-corrected chi connectivity index (χ0v) is 7.18. The Morgan fingerprint density at radius 2 is 2.45 bits per heavy atom. The first kappa shape index (κ1) is 8.31. The van der Waals surface area contributed by atoms with Crippen molar-refractivity contribution in [2.75, 3.05) is 7.05 Å². The Morgan fingerprint density at radius 1 is 1.73 bits per heavy atom. The summed E-state index contributed by atoms with van der Waals surface area (Å²) in [6.07, 6.45) is 5.19. The maximum absolute atomic E-state index is 11.1. The van der Waals surface area contributed by atoms with Crippen LogP contribution in [0, 0.1) is 5.92 Å². The molecule has 0 saturated carbocycles. The van der Waals surface area contributed by atoms with Crippen LogP contribution in [0.5, 0.6) is 0 Å². The van der Waals surface area contributed by atoms with Gasteiger partial charge in [0.05, 0.1) is 0 Å².